The Morgan fingerprint density at radius 3 is 2.89 bits per heavy atom. The molecule has 0 amide bonds. The number of rotatable bonds is 6. The van der Waals surface area contributed by atoms with Crippen molar-refractivity contribution < 1.29 is 0 Å². The highest BCUT2D eigenvalue weighted by atomic mass is 32.2. The van der Waals surface area contributed by atoms with E-state index in [1.807, 2.05) is 0 Å². The predicted molar refractivity (Wildman–Crippen MR) is 83.6 cm³/mol. The lowest BCUT2D eigenvalue weighted by Gasteiger charge is -2.21. The molecule has 3 N–H and O–H groups in total. The number of nitrogens with zero attached hydrogens (tertiary/aromatic N) is 1. The summed E-state index contributed by atoms with van der Waals surface area (Å²) in [6.45, 7) is 7.30. The average molecular weight is 277 g/mol. The Morgan fingerprint density at radius 1 is 1.37 bits per heavy atom. The highest BCUT2D eigenvalue weighted by Crippen LogP contribution is 2.25. The van der Waals surface area contributed by atoms with Crippen molar-refractivity contribution in [3.8, 4) is 0 Å². The standard InChI is InChI=1S/C15H23N3S/c1-11-5-6-12-13(9-11)18-14(17-12)19-8-4-7-15(2,3)10-16/h5-6,9H,4,7-8,10,16H2,1-3H3,(H,17,18). The largest absolute Gasteiger partial charge is 0.333 e. The molecule has 0 aliphatic carbocycles. The van der Waals surface area contributed by atoms with Crippen molar-refractivity contribution in [1.82, 2.24) is 9.97 Å². The number of H-pyrrole nitrogens is 1. The fourth-order valence-electron chi connectivity index (χ4n) is 1.99. The van der Waals surface area contributed by atoms with Crippen molar-refractivity contribution in [2.45, 2.75) is 38.8 Å². The summed E-state index contributed by atoms with van der Waals surface area (Å²) in [6.07, 6.45) is 2.33. The van der Waals surface area contributed by atoms with Crippen LogP contribution in [0.2, 0.25) is 0 Å². The van der Waals surface area contributed by atoms with Crippen molar-refractivity contribution in [2.75, 3.05) is 12.3 Å². The minimum absolute atomic E-state index is 0.256. The van der Waals surface area contributed by atoms with E-state index in [0.717, 1.165) is 34.9 Å². The first-order valence-corrected chi connectivity index (χ1v) is 7.78. The zero-order valence-corrected chi connectivity index (χ0v) is 12.8. The highest BCUT2D eigenvalue weighted by Gasteiger charge is 2.14. The Bertz CT molecular complexity index is 545. The third-order valence-electron chi connectivity index (χ3n) is 3.40. The van der Waals surface area contributed by atoms with Crippen LogP contribution in [-0.2, 0) is 0 Å². The van der Waals surface area contributed by atoms with Crippen LogP contribution in [0.3, 0.4) is 0 Å². The van der Waals surface area contributed by atoms with Gasteiger partial charge < -0.3 is 10.7 Å². The minimum Gasteiger partial charge on any atom is -0.333 e. The van der Waals surface area contributed by atoms with Crippen LogP contribution in [0.1, 0.15) is 32.3 Å². The van der Waals surface area contributed by atoms with Crippen LogP contribution in [0, 0.1) is 12.3 Å². The van der Waals surface area contributed by atoms with E-state index in [0.29, 0.717) is 0 Å². The van der Waals surface area contributed by atoms with E-state index in [-0.39, 0.29) is 5.41 Å². The molecule has 104 valence electrons. The molecule has 0 saturated heterocycles. The quantitative estimate of drug-likeness (QED) is 0.625. The molecule has 2 rings (SSSR count). The topological polar surface area (TPSA) is 54.7 Å². The van der Waals surface area contributed by atoms with Gasteiger partial charge in [0.05, 0.1) is 11.0 Å². The third kappa shape index (κ3) is 3.98. The van der Waals surface area contributed by atoms with Crippen molar-refractivity contribution in [1.29, 1.82) is 0 Å². The molecule has 0 saturated carbocycles. The number of aromatic nitrogens is 2. The van der Waals surface area contributed by atoms with Gasteiger partial charge in [0.1, 0.15) is 0 Å². The number of hydrogen-bond acceptors (Lipinski definition) is 3. The summed E-state index contributed by atoms with van der Waals surface area (Å²) in [7, 11) is 0. The molecule has 3 nitrogen and oxygen atoms in total. The Labute approximate surface area is 119 Å². The number of hydrogen-bond donors (Lipinski definition) is 2. The van der Waals surface area contributed by atoms with Crippen LogP contribution in [0.15, 0.2) is 23.4 Å². The van der Waals surface area contributed by atoms with Gasteiger partial charge in [0.25, 0.3) is 0 Å². The van der Waals surface area contributed by atoms with Gasteiger partial charge in [-0.05, 0) is 49.4 Å². The summed E-state index contributed by atoms with van der Waals surface area (Å²) in [5, 5.41) is 1.02. The number of aryl methyl sites for hydroxylation is 1. The molecule has 0 fully saturated rings. The van der Waals surface area contributed by atoms with Crippen molar-refractivity contribution in [3.63, 3.8) is 0 Å². The fraction of sp³-hybridized carbons (Fsp3) is 0.533. The number of fused-ring (bicyclic) bond motifs is 1. The Balaban J connectivity index is 1.88. The van der Waals surface area contributed by atoms with Gasteiger partial charge >= 0.3 is 0 Å². The lowest BCUT2D eigenvalue weighted by Crippen LogP contribution is -2.23. The Morgan fingerprint density at radius 2 is 2.16 bits per heavy atom. The average Bonchev–Trinajstić information content (AvgIpc) is 2.76. The number of nitrogens with one attached hydrogen (secondary N) is 1. The summed E-state index contributed by atoms with van der Waals surface area (Å²) in [6, 6.07) is 6.31. The molecule has 0 atom stereocenters. The van der Waals surface area contributed by atoms with Crippen LogP contribution in [-0.4, -0.2) is 22.3 Å². The van der Waals surface area contributed by atoms with Gasteiger partial charge in [-0.1, -0.05) is 31.7 Å². The molecule has 0 aliphatic heterocycles. The zero-order valence-electron chi connectivity index (χ0n) is 12.0. The number of aromatic amines is 1. The number of thioether (sulfide) groups is 1. The van der Waals surface area contributed by atoms with Crippen LogP contribution in [0.4, 0.5) is 0 Å². The van der Waals surface area contributed by atoms with Gasteiger partial charge in [-0.2, -0.15) is 0 Å². The first-order chi connectivity index (χ1) is 9.00. The SMILES string of the molecule is Cc1ccc2nc(SCCCC(C)(C)CN)[nH]c2c1. The summed E-state index contributed by atoms with van der Waals surface area (Å²) in [4.78, 5) is 7.97. The maximum absolute atomic E-state index is 5.74. The summed E-state index contributed by atoms with van der Waals surface area (Å²) < 4.78 is 0. The molecule has 0 radical (unpaired) electrons. The molecule has 2 aromatic rings. The normalized spacial score (nSPS) is 12.2. The monoisotopic (exact) mass is 277 g/mol. The van der Waals surface area contributed by atoms with Gasteiger partial charge in [0, 0.05) is 5.75 Å². The predicted octanol–water partition coefficient (Wildman–Crippen LogP) is 3.73. The van der Waals surface area contributed by atoms with E-state index in [9.17, 15) is 0 Å². The van der Waals surface area contributed by atoms with Gasteiger partial charge in [-0.3, -0.25) is 0 Å². The molecule has 1 aromatic carbocycles. The molecule has 1 heterocycles. The summed E-state index contributed by atoms with van der Waals surface area (Å²) in [5.74, 6) is 1.09. The molecular formula is C15H23N3S. The fourth-order valence-corrected chi connectivity index (χ4v) is 2.82. The van der Waals surface area contributed by atoms with E-state index in [4.69, 9.17) is 5.73 Å². The van der Waals surface area contributed by atoms with E-state index in [2.05, 4.69) is 48.9 Å². The van der Waals surface area contributed by atoms with Crippen LogP contribution < -0.4 is 5.73 Å². The van der Waals surface area contributed by atoms with E-state index in [1.54, 1.807) is 11.8 Å². The van der Waals surface area contributed by atoms with Crippen molar-refractivity contribution in [2.24, 2.45) is 11.1 Å². The molecule has 0 spiro atoms. The molecule has 1 aromatic heterocycles. The second-order valence-corrected chi connectivity index (χ2v) is 6.97. The first kappa shape index (κ1) is 14.4. The zero-order chi connectivity index (χ0) is 13.9. The Hall–Kier alpha value is -1.00. The lowest BCUT2D eigenvalue weighted by atomic mass is 9.88. The van der Waals surface area contributed by atoms with Crippen LogP contribution in [0.5, 0.6) is 0 Å². The first-order valence-electron chi connectivity index (χ1n) is 6.79. The van der Waals surface area contributed by atoms with Crippen LogP contribution >= 0.6 is 11.8 Å². The van der Waals surface area contributed by atoms with Gasteiger partial charge in [0.2, 0.25) is 0 Å². The number of nitrogens with two attached hydrogens (primary N) is 1. The lowest BCUT2D eigenvalue weighted by molar-refractivity contribution is 0.345. The molecule has 0 aliphatic rings. The highest BCUT2D eigenvalue weighted by molar-refractivity contribution is 7.99. The van der Waals surface area contributed by atoms with E-state index >= 15 is 0 Å². The minimum atomic E-state index is 0.256. The second kappa shape index (κ2) is 5.97. The van der Waals surface area contributed by atoms with E-state index in [1.165, 1.54) is 12.0 Å². The van der Waals surface area contributed by atoms with Crippen molar-refractivity contribution in [3.05, 3.63) is 23.8 Å². The van der Waals surface area contributed by atoms with Crippen LogP contribution in [0.25, 0.3) is 11.0 Å². The summed E-state index contributed by atoms with van der Waals surface area (Å²) >= 11 is 1.80. The molecule has 0 bridgehead atoms. The molecular weight excluding hydrogens is 254 g/mol. The molecule has 19 heavy (non-hydrogen) atoms. The number of benzene rings is 1. The maximum atomic E-state index is 5.74. The Kier molecular flexibility index (Phi) is 4.53. The van der Waals surface area contributed by atoms with Gasteiger partial charge in [-0.25, -0.2) is 4.98 Å². The van der Waals surface area contributed by atoms with Crippen molar-refractivity contribution >= 4 is 22.8 Å². The molecule has 4 heteroatoms. The smallest absolute Gasteiger partial charge is 0.166 e. The van der Waals surface area contributed by atoms with Gasteiger partial charge in [0.15, 0.2) is 5.16 Å². The van der Waals surface area contributed by atoms with E-state index < -0.39 is 0 Å². The second-order valence-electron chi connectivity index (χ2n) is 5.88. The third-order valence-corrected chi connectivity index (χ3v) is 4.36. The maximum Gasteiger partial charge on any atom is 0.166 e. The summed E-state index contributed by atoms with van der Waals surface area (Å²) in [5.41, 5.74) is 9.44. The van der Waals surface area contributed by atoms with Gasteiger partial charge in [-0.15, -0.1) is 0 Å². The molecule has 0 unspecified atom stereocenters. The number of imidazole rings is 1.